The molecule has 0 N–H and O–H groups in total. The van der Waals surface area contributed by atoms with Crippen LogP contribution in [0.2, 0.25) is 0 Å². The van der Waals surface area contributed by atoms with Crippen molar-refractivity contribution in [2.24, 2.45) is 5.41 Å². The van der Waals surface area contributed by atoms with Crippen LogP contribution in [0, 0.1) is 5.41 Å². The maximum absolute atomic E-state index is 12.5. The molecule has 0 unspecified atom stereocenters. The molecule has 2 rings (SSSR count). The minimum absolute atomic E-state index is 0.124. The first-order valence-electron chi connectivity index (χ1n) is 7.32. The van der Waals surface area contributed by atoms with E-state index in [1.807, 2.05) is 30.3 Å². The quantitative estimate of drug-likeness (QED) is 0.827. The third-order valence-corrected chi connectivity index (χ3v) is 4.51. The zero-order valence-electron chi connectivity index (χ0n) is 12.4. The number of nitrogens with zero attached hydrogens (tertiary/aromatic N) is 1. The SMILES string of the molecule is CC(C)N1CCC(C)(C(=O)Cc2ccccc2)CC1. The van der Waals surface area contributed by atoms with Gasteiger partial charge in [-0.25, -0.2) is 0 Å². The summed E-state index contributed by atoms with van der Waals surface area (Å²) in [7, 11) is 0. The summed E-state index contributed by atoms with van der Waals surface area (Å²) in [5.74, 6) is 0.405. The summed E-state index contributed by atoms with van der Waals surface area (Å²) in [6, 6.07) is 10.7. The fourth-order valence-corrected chi connectivity index (χ4v) is 2.81. The van der Waals surface area contributed by atoms with Gasteiger partial charge in [0.05, 0.1) is 0 Å². The fourth-order valence-electron chi connectivity index (χ4n) is 2.81. The van der Waals surface area contributed by atoms with E-state index in [0.717, 1.165) is 31.5 Å². The predicted octanol–water partition coefficient (Wildman–Crippen LogP) is 3.31. The summed E-state index contributed by atoms with van der Waals surface area (Å²) < 4.78 is 0. The number of carbonyl (C=O) groups is 1. The van der Waals surface area contributed by atoms with Crippen molar-refractivity contribution >= 4 is 5.78 Å². The fraction of sp³-hybridized carbons (Fsp3) is 0.588. The molecule has 1 heterocycles. The molecule has 19 heavy (non-hydrogen) atoms. The van der Waals surface area contributed by atoms with Crippen molar-refractivity contribution in [3.05, 3.63) is 35.9 Å². The Morgan fingerprint density at radius 1 is 1.21 bits per heavy atom. The van der Waals surface area contributed by atoms with Crippen molar-refractivity contribution < 1.29 is 4.79 Å². The van der Waals surface area contributed by atoms with Crippen molar-refractivity contribution in [2.75, 3.05) is 13.1 Å². The maximum atomic E-state index is 12.5. The normalized spacial score (nSPS) is 19.6. The summed E-state index contributed by atoms with van der Waals surface area (Å²) in [4.78, 5) is 15.0. The Bertz CT molecular complexity index is 416. The van der Waals surface area contributed by atoms with E-state index in [1.54, 1.807) is 0 Å². The molecule has 1 saturated heterocycles. The van der Waals surface area contributed by atoms with Crippen LogP contribution in [-0.2, 0) is 11.2 Å². The van der Waals surface area contributed by atoms with Gasteiger partial charge in [0.15, 0.2) is 0 Å². The number of Topliss-reactive ketones (excluding diaryl/α,β-unsaturated/α-hetero) is 1. The monoisotopic (exact) mass is 259 g/mol. The molecule has 0 amide bonds. The number of benzene rings is 1. The Morgan fingerprint density at radius 2 is 1.79 bits per heavy atom. The van der Waals surface area contributed by atoms with Crippen LogP contribution < -0.4 is 0 Å². The number of hydrogen-bond donors (Lipinski definition) is 0. The molecule has 0 radical (unpaired) electrons. The Morgan fingerprint density at radius 3 is 2.32 bits per heavy atom. The van der Waals surface area contributed by atoms with E-state index in [-0.39, 0.29) is 5.41 Å². The second kappa shape index (κ2) is 5.87. The Hall–Kier alpha value is -1.15. The number of likely N-dealkylation sites (tertiary alicyclic amines) is 1. The first-order valence-corrected chi connectivity index (χ1v) is 7.32. The van der Waals surface area contributed by atoms with E-state index in [2.05, 4.69) is 25.7 Å². The van der Waals surface area contributed by atoms with Crippen LogP contribution in [-0.4, -0.2) is 29.8 Å². The van der Waals surface area contributed by atoms with Crippen molar-refractivity contribution in [1.29, 1.82) is 0 Å². The molecule has 0 saturated carbocycles. The molecule has 1 aromatic rings. The van der Waals surface area contributed by atoms with E-state index < -0.39 is 0 Å². The van der Waals surface area contributed by atoms with E-state index in [0.29, 0.717) is 18.2 Å². The summed E-state index contributed by atoms with van der Waals surface area (Å²) in [5.41, 5.74) is 1.02. The molecule has 104 valence electrons. The lowest BCUT2D eigenvalue weighted by atomic mass is 9.74. The van der Waals surface area contributed by atoms with Gasteiger partial charge >= 0.3 is 0 Å². The zero-order chi connectivity index (χ0) is 13.9. The van der Waals surface area contributed by atoms with Gasteiger partial charge in [-0.2, -0.15) is 0 Å². The lowest BCUT2D eigenvalue weighted by molar-refractivity contribution is -0.130. The highest BCUT2D eigenvalue weighted by Gasteiger charge is 2.36. The minimum Gasteiger partial charge on any atom is -0.301 e. The Kier molecular flexibility index (Phi) is 4.41. The maximum Gasteiger partial charge on any atom is 0.143 e. The Balaban J connectivity index is 1.96. The summed E-state index contributed by atoms with van der Waals surface area (Å²) in [6.07, 6.45) is 2.58. The molecule has 0 aromatic heterocycles. The topological polar surface area (TPSA) is 20.3 Å². The third kappa shape index (κ3) is 3.44. The van der Waals surface area contributed by atoms with Gasteiger partial charge in [-0.15, -0.1) is 0 Å². The van der Waals surface area contributed by atoms with Crippen molar-refractivity contribution in [1.82, 2.24) is 4.90 Å². The van der Waals surface area contributed by atoms with Gasteiger partial charge in [0.2, 0.25) is 0 Å². The van der Waals surface area contributed by atoms with Gasteiger partial charge in [0, 0.05) is 17.9 Å². The molecule has 0 spiro atoms. The van der Waals surface area contributed by atoms with Gasteiger partial charge in [-0.1, -0.05) is 37.3 Å². The van der Waals surface area contributed by atoms with Gasteiger partial charge in [-0.05, 0) is 45.3 Å². The number of ketones is 1. The number of hydrogen-bond acceptors (Lipinski definition) is 2. The molecular weight excluding hydrogens is 234 g/mol. The van der Waals surface area contributed by atoms with Crippen LogP contribution >= 0.6 is 0 Å². The molecule has 2 heteroatoms. The summed E-state index contributed by atoms with van der Waals surface area (Å²) >= 11 is 0. The van der Waals surface area contributed by atoms with Crippen LogP contribution in [0.5, 0.6) is 0 Å². The van der Waals surface area contributed by atoms with Gasteiger partial charge in [-0.3, -0.25) is 4.79 Å². The highest BCUT2D eigenvalue weighted by atomic mass is 16.1. The summed E-state index contributed by atoms with van der Waals surface area (Å²) in [6.45, 7) is 8.71. The standard InChI is InChI=1S/C17H25NO/c1-14(2)18-11-9-17(3,10-12-18)16(19)13-15-7-5-4-6-8-15/h4-8,14H,9-13H2,1-3H3. The molecule has 2 nitrogen and oxygen atoms in total. The molecule has 1 aromatic carbocycles. The number of piperidine rings is 1. The molecule has 0 atom stereocenters. The largest absolute Gasteiger partial charge is 0.301 e. The lowest BCUT2D eigenvalue weighted by Crippen LogP contribution is -2.45. The highest BCUT2D eigenvalue weighted by molar-refractivity contribution is 5.86. The first kappa shape index (κ1) is 14.3. The average molecular weight is 259 g/mol. The molecule has 0 bridgehead atoms. The van der Waals surface area contributed by atoms with Crippen LogP contribution in [0.3, 0.4) is 0 Å². The summed E-state index contributed by atoms with van der Waals surface area (Å²) in [5, 5.41) is 0. The van der Waals surface area contributed by atoms with Gasteiger partial charge in [0.25, 0.3) is 0 Å². The smallest absolute Gasteiger partial charge is 0.143 e. The zero-order valence-corrected chi connectivity index (χ0v) is 12.4. The minimum atomic E-state index is -0.124. The van der Waals surface area contributed by atoms with Crippen LogP contribution in [0.4, 0.5) is 0 Å². The van der Waals surface area contributed by atoms with E-state index in [9.17, 15) is 4.79 Å². The van der Waals surface area contributed by atoms with Crippen LogP contribution in [0.1, 0.15) is 39.2 Å². The van der Waals surface area contributed by atoms with Gasteiger partial charge in [0.1, 0.15) is 5.78 Å². The third-order valence-electron chi connectivity index (χ3n) is 4.51. The first-order chi connectivity index (χ1) is 9.01. The molecule has 1 fully saturated rings. The second-order valence-corrected chi connectivity index (χ2v) is 6.28. The number of rotatable bonds is 4. The second-order valence-electron chi connectivity index (χ2n) is 6.28. The van der Waals surface area contributed by atoms with Crippen LogP contribution in [0.15, 0.2) is 30.3 Å². The molecule has 1 aliphatic heterocycles. The molecular formula is C17H25NO. The van der Waals surface area contributed by atoms with E-state index in [4.69, 9.17) is 0 Å². The van der Waals surface area contributed by atoms with Crippen LogP contribution in [0.25, 0.3) is 0 Å². The molecule has 0 aliphatic carbocycles. The number of carbonyl (C=O) groups excluding carboxylic acids is 1. The average Bonchev–Trinajstić information content (AvgIpc) is 2.40. The van der Waals surface area contributed by atoms with Crippen molar-refractivity contribution in [3.8, 4) is 0 Å². The van der Waals surface area contributed by atoms with Crippen molar-refractivity contribution in [3.63, 3.8) is 0 Å². The van der Waals surface area contributed by atoms with Gasteiger partial charge < -0.3 is 4.90 Å². The highest BCUT2D eigenvalue weighted by Crippen LogP contribution is 2.33. The van der Waals surface area contributed by atoms with E-state index in [1.165, 1.54) is 0 Å². The van der Waals surface area contributed by atoms with E-state index >= 15 is 0 Å². The molecule has 1 aliphatic rings. The predicted molar refractivity (Wildman–Crippen MR) is 79.2 cm³/mol. The Labute approximate surface area is 116 Å². The van der Waals surface area contributed by atoms with Crippen molar-refractivity contribution in [2.45, 2.75) is 46.1 Å². The lowest BCUT2D eigenvalue weighted by Gasteiger charge is -2.40.